The highest BCUT2D eigenvalue weighted by atomic mass is 16.5. The van der Waals surface area contributed by atoms with Crippen molar-refractivity contribution in [2.24, 2.45) is 0 Å². The number of hydrogen-bond donors (Lipinski definition) is 1. The molecule has 0 spiro atoms. The van der Waals surface area contributed by atoms with Crippen molar-refractivity contribution in [1.29, 1.82) is 0 Å². The SMILES string of the molecule is COc1cccc([C@H]2Nc3cc(C(C)(C)C)cc(C(C)(C)C)c3O2)c1OC. The van der Waals surface area contributed by atoms with E-state index in [4.69, 9.17) is 14.2 Å². The molecule has 3 rings (SSSR count). The number of nitrogens with one attached hydrogen (secondary N) is 1. The standard InChI is InChI=1S/C23H31NO3/c1-22(2,3)14-12-16(23(4,5)6)20-17(13-14)24-21(27-20)15-10-9-11-18(25-7)19(15)26-8/h9-13,21,24H,1-8H3/t21-/m0/s1. The third-order valence-electron chi connectivity index (χ3n) is 5.00. The normalized spacial score (nSPS) is 16.4. The summed E-state index contributed by atoms with van der Waals surface area (Å²) >= 11 is 0. The van der Waals surface area contributed by atoms with E-state index in [1.165, 1.54) is 11.1 Å². The van der Waals surface area contributed by atoms with Crippen LogP contribution in [-0.4, -0.2) is 14.2 Å². The van der Waals surface area contributed by atoms with E-state index in [-0.39, 0.29) is 17.1 Å². The minimum atomic E-state index is -0.318. The Morgan fingerprint density at radius 3 is 2.19 bits per heavy atom. The van der Waals surface area contributed by atoms with Crippen molar-refractivity contribution in [2.45, 2.75) is 58.6 Å². The van der Waals surface area contributed by atoms with Gasteiger partial charge in [-0.25, -0.2) is 0 Å². The van der Waals surface area contributed by atoms with Crippen LogP contribution in [0.15, 0.2) is 30.3 Å². The second kappa shape index (κ2) is 6.66. The maximum atomic E-state index is 6.41. The molecule has 0 saturated carbocycles. The van der Waals surface area contributed by atoms with E-state index in [1.807, 2.05) is 18.2 Å². The first kappa shape index (κ1) is 19.4. The van der Waals surface area contributed by atoms with Crippen LogP contribution in [0.5, 0.6) is 17.2 Å². The number of hydrogen-bond acceptors (Lipinski definition) is 4. The second-order valence-electron chi connectivity index (χ2n) is 9.13. The molecule has 2 aromatic rings. The van der Waals surface area contributed by atoms with Gasteiger partial charge in [0.05, 0.1) is 25.5 Å². The average molecular weight is 370 g/mol. The molecule has 0 bridgehead atoms. The smallest absolute Gasteiger partial charge is 0.200 e. The molecular formula is C23H31NO3. The number of ether oxygens (including phenoxy) is 3. The summed E-state index contributed by atoms with van der Waals surface area (Å²) in [5.74, 6) is 2.31. The Labute approximate surface area is 162 Å². The van der Waals surface area contributed by atoms with E-state index in [0.29, 0.717) is 11.5 Å². The highest BCUT2D eigenvalue weighted by Crippen LogP contribution is 2.49. The summed E-state index contributed by atoms with van der Waals surface area (Å²) in [6, 6.07) is 10.3. The monoisotopic (exact) mass is 369 g/mol. The maximum Gasteiger partial charge on any atom is 0.200 e. The highest BCUT2D eigenvalue weighted by molar-refractivity contribution is 5.68. The van der Waals surface area contributed by atoms with Crippen molar-refractivity contribution in [3.63, 3.8) is 0 Å². The summed E-state index contributed by atoms with van der Waals surface area (Å²) in [5, 5.41) is 3.54. The van der Waals surface area contributed by atoms with Gasteiger partial charge < -0.3 is 19.5 Å². The second-order valence-corrected chi connectivity index (χ2v) is 9.13. The third-order valence-corrected chi connectivity index (χ3v) is 5.00. The number of anilines is 1. The molecule has 0 aliphatic carbocycles. The van der Waals surface area contributed by atoms with Crippen molar-refractivity contribution >= 4 is 5.69 Å². The van der Waals surface area contributed by atoms with Gasteiger partial charge in [0.25, 0.3) is 0 Å². The third kappa shape index (κ3) is 3.58. The molecule has 1 N–H and O–H groups in total. The van der Waals surface area contributed by atoms with Crippen LogP contribution in [0.4, 0.5) is 5.69 Å². The van der Waals surface area contributed by atoms with E-state index in [2.05, 4.69) is 59.0 Å². The van der Waals surface area contributed by atoms with Crippen LogP contribution in [0, 0.1) is 0 Å². The molecule has 4 nitrogen and oxygen atoms in total. The molecule has 1 heterocycles. The lowest BCUT2D eigenvalue weighted by molar-refractivity contribution is 0.244. The molecule has 0 radical (unpaired) electrons. The minimum absolute atomic E-state index is 0.0274. The van der Waals surface area contributed by atoms with Crippen LogP contribution in [0.25, 0.3) is 0 Å². The Morgan fingerprint density at radius 2 is 1.63 bits per heavy atom. The topological polar surface area (TPSA) is 39.7 Å². The predicted octanol–water partition coefficient (Wildman–Crippen LogP) is 5.80. The van der Waals surface area contributed by atoms with Crippen LogP contribution < -0.4 is 19.5 Å². The molecule has 2 aromatic carbocycles. The molecule has 0 fully saturated rings. The number of para-hydroxylation sites is 1. The van der Waals surface area contributed by atoms with Gasteiger partial charge in [0.15, 0.2) is 17.7 Å². The van der Waals surface area contributed by atoms with Gasteiger partial charge in [0.2, 0.25) is 0 Å². The summed E-state index contributed by atoms with van der Waals surface area (Å²) in [7, 11) is 3.30. The van der Waals surface area contributed by atoms with Gasteiger partial charge in [0.1, 0.15) is 5.75 Å². The van der Waals surface area contributed by atoms with Crippen LogP contribution in [0.3, 0.4) is 0 Å². The fourth-order valence-corrected chi connectivity index (χ4v) is 3.40. The van der Waals surface area contributed by atoms with Gasteiger partial charge in [-0.15, -0.1) is 0 Å². The van der Waals surface area contributed by atoms with E-state index in [9.17, 15) is 0 Å². The van der Waals surface area contributed by atoms with Crippen molar-refractivity contribution in [3.05, 3.63) is 47.0 Å². The summed E-state index contributed by atoms with van der Waals surface area (Å²) in [6.07, 6.45) is -0.318. The van der Waals surface area contributed by atoms with Gasteiger partial charge in [-0.2, -0.15) is 0 Å². The van der Waals surface area contributed by atoms with Crippen LogP contribution in [0.1, 0.15) is 64.5 Å². The molecule has 1 aliphatic rings. The molecule has 1 aliphatic heterocycles. The number of fused-ring (bicyclic) bond motifs is 1. The Hall–Kier alpha value is -2.36. The first-order chi connectivity index (χ1) is 12.6. The molecule has 27 heavy (non-hydrogen) atoms. The van der Waals surface area contributed by atoms with E-state index < -0.39 is 0 Å². The Morgan fingerprint density at radius 1 is 0.926 bits per heavy atom. The average Bonchev–Trinajstić information content (AvgIpc) is 3.02. The van der Waals surface area contributed by atoms with Crippen molar-refractivity contribution < 1.29 is 14.2 Å². The molecule has 1 atom stereocenters. The van der Waals surface area contributed by atoms with E-state index in [0.717, 1.165) is 17.0 Å². The lowest BCUT2D eigenvalue weighted by atomic mass is 9.80. The minimum Gasteiger partial charge on any atom is -0.493 e. The first-order valence-corrected chi connectivity index (χ1v) is 9.39. The number of rotatable bonds is 3. The molecule has 4 heteroatoms. The molecule has 0 saturated heterocycles. The lowest BCUT2D eigenvalue weighted by Gasteiger charge is -2.26. The lowest BCUT2D eigenvalue weighted by Crippen LogP contribution is -2.17. The summed E-state index contributed by atoms with van der Waals surface area (Å²) in [6.45, 7) is 13.4. The van der Waals surface area contributed by atoms with Gasteiger partial charge in [0, 0.05) is 5.56 Å². The fraction of sp³-hybridized carbons (Fsp3) is 0.478. The zero-order chi connectivity index (χ0) is 20.0. The summed E-state index contributed by atoms with van der Waals surface area (Å²) < 4.78 is 17.5. The van der Waals surface area contributed by atoms with Gasteiger partial charge >= 0.3 is 0 Å². The fourth-order valence-electron chi connectivity index (χ4n) is 3.40. The van der Waals surface area contributed by atoms with E-state index in [1.54, 1.807) is 14.2 Å². The maximum absolute atomic E-state index is 6.41. The Bertz CT molecular complexity index is 844. The number of methoxy groups -OCH3 is 2. The largest absolute Gasteiger partial charge is 0.493 e. The Balaban J connectivity index is 2.09. The molecular weight excluding hydrogens is 338 g/mol. The zero-order valence-corrected chi connectivity index (χ0v) is 17.7. The van der Waals surface area contributed by atoms with Crippen LogP contribution in [-0.2, 0) is 10.8 Å². The molecule has 0 amide bonds. The van der Waals surface area contributed by atoms with Crippen molar-refractivity contribution in [2.75, 3.05) is 19.5 Å². The van der Waals surface area contributed by atoms with E-state index >= 15 is 0 Å². The van der Waals surface area contributed by atoms with Gasteiger partial charge in [-0.3, -0.25) is 0 Å². The van der Waals surface area contributed by atoms with Crippen molar-refractivity contribution in [1.82, 2.24) is 0 Å². The summed E-state index contributed by atoms with van der Waals surface area (Å²) in [4.78, 5) is 0. The predicted molar refractivity (Wildman–Crippen MR) is 110 cm³/mol. The van der Waals surface area contributed by atoms with Gasteiger partial charge in [-0.1, -0.05) is 53.7 Å². The van der Waals surface area contributed by atoms with Crippen molar-refractivity contribution in [3.8, 4) is 17.2 Å². The van der Waals surface area contributed by atoms with Crippen LogP contribution in [0.2, 0.25) is 0 Å². The quantitative estimate of drug-likeness (QED) is 0.742. The summed E-state index contributed by atoms with van der Waals surface area (Å²) in [5.41, 5.74) is 4.48. The molecule has 0 unspecified atom stereocenters. The first-order valence-electron chi connectivity index (χ1n) is 9.39. The van der Waals surface area contributed by atoms with Gasteiger partial charge in [-0.05, 0) is 34.6 Å². The van der Waals surface area contributed by atoms with Crippen LogP contribution >= 0.6 is 0 Å². The Kier molecular flexibility index (Phi) is 4.79. The molecule has 146 valence electrons. The molecule has 0 aromatic heterocycles. The zero-order valence-electron chi connectivity index (χ0n) is 17.7. The number of benzene rings is 2. The highest BCUT2D eigenvalue weighted by Gasteiger charge is 2.34.